The average Bonchev–Trinajstić information content (AvgIpc) is 2.96. The minimum atomic E-state index is 0. The molecule has 0 radical (unpaired) electrons. The summed E-state index contributed by atoms with van der Waals surface area (Å²) in [5.41, 5.74) is 5.81. The van der Waals surface area contributed by atoms with Gasteiger partial charge in [0.25, 0.3) is 0 Å². The third-order valence-electron chi connectivity index (χ3n) is 4.58. The standard InChI is InChI=1S/C15H27N3O2.ClH/c16-13-7-9-18(10-8-13)15(20)11-17-14(19)6-5-12-3-1-2-4-12;/h12-13H,1-11,16H2,(H,17,19);1H. The maximum absolute atomic E-state index is 11.9. The van der Waals surface area contributed by atoms with Crippen LogP contribution in [-0.4, -0.2) is 42.4 Å². The smallest absolute Gasteiger partial charge is 0.241 e. The molecule has 2 aliphatic rings. The molecular formula is C15H28ClN3O2. The van der Waals surface area contributed by atoms with Crippen molar-refractivity contribution in [2.45, 2.75) is 57.4 Å². The van der Waals surface area contributed by atoms with Gasteiger partial charge in [0.1, 0.15) is 0 Å². The van der Waals surface area contributed by atoms with Crippen LogP contribution in [0.2, 0.25) is 0 Å². The Morgan fingerprint density at radius 1 is 1.10 bits per heavy atom. The van der Waals surface area contributed by atoms with Crippen molar-refractivity contribution in [1.82, 2.24) is 10.2 Å². The molecule has 3 N–H and O–H groups in total. The Kier molecular flexibility index (Phi) is 8.04. The highest BCUT2D eigenvalue weighted by atomic mass is 35.5. The fraction of sp³-hybridized carbons (Fsp3) is 0.867. The quantitative estimate of drug-likeness (QED) is 0.805. The second kappa shape index (κ2) is 9.26. The molecule has 0 aromatic heterocycles. The molecule has 122 valence electrons. The van der Waals surface area contributed by atoms with E-state index in [-0.39, 0.29) is 36.8 Å². The lowest BCUT2D eigenvalue weighted by molar-refractivity contribution is -0.133. The lowest BCUT2D eigenvalue weighted by atomic mass is 10.0. The van der Waals surface area contributed by atoms with E-state index in [1.165, 1.54) is 25.7 Å². The molecule has 0 bridgehead atoms. The number of nitrogens with zero attached hydrogens (tertiary/aromatic N) is 1. The lowest BCUT2D eigenvalue weighted by Gasteiger charge is -2.30. The van der Waals surface area contributed by atoms with Gasteiger partial charge in [0.2, 0.25) is 11.8 Å². The molecular weight excluding hydrogens is 290 g/mol. The van der Waals surface area contributed by atoms with Crippen molar-refractivity contribution in [3.8, 4) is 0 Å². The molecule has 1 saturated carbocycles. The zero-order valence-electron chi connectivity index (χ0n) is 12.7. The number of carbonyl (C=O) groups excluding carboxylic acids is 2. The summed E-state index contributed by atoms with van der Waals surface area (Å²) in [6.45, 7) is 1.58. The lowest BCUT2D eigenvalue weighted by Crippen LogP contribution is -2.46. The topological polar surface area (TPSA) is 75.4 Å². The summed E-state index contributed by atoms with van der Waals surface area (Å²) in [5, 5.41) is 2.75. The predicted octanol–water partition coefficient (Wildman–Crippen LogP) is 1.44. The molecule has 1 aliphatic carbocycles. The van der Waals surface area contributed by atoms with Crippen LogP contribution >= 0.6 is 12.4 Å². The SMILES string of the molecule is Cl.NC1CCN(C(=O)CNC(=O)CCC2CCCC2)CC1. The van der Waals surface area contributed by atoms with E-state index in [4.69, 9.17) is 5.73 Å². The molecule has 21 heavy (non-hydrogen) atoms. The van der Waals surface area contributed by atoms with Gasteiger partial charge in [0.05, 0.1) is 6.54 Å². The summed E-state index contributed by atoms with van der Waals surface area (Å²) in [7, 11) is 0. The number of rotatable bonds is 5. The van der Waals surface area contributed by atoms with Crippen molar-refractivity contribution in [3.63, 3.8) is 0 Å². The molecule has 2 fully saturated rings. The zero-order chi connectivity index (χ0) is 14.4. The molecule has 2 rings (SSSR count). The molecule has 1 saturated heterocycles. The molecule has 0 aromatic carbocycles. The van der Waals surface area contributed by atoms with Gasteiger partial charge in [-0.3, -0.25) is 9.59 Å². The van der Waals surface area contributed by atoms with Crippen LogP contribution in [0.1, 0.15) is 51.4 Å². The third kappa shape index (κ3) is 6.22. The van der Waals surface area contributed by atoms with E-state index in [0.717, 1.165) is 38.3 Å². The highest BCUT2D eigenvalue weighted by molar-refractivity contribution is 5.85. The number of nitrogens with one attached hydrogen (secondary N) is 1. The first-order valence-electron chi connectivity index (χ1n) is 7.95. The first-order chi connectivity index (χ1) is 9.65. The van der Waals surface area contributed by atoms with E-state index >= 15 is 0 Å². The number of amides is 2. The number of likely N-dealkylation sites (tertiary alicyclic amines) is 1. The summed E-state index contributed by atoms with van der Waals surface area (Å²) in [4.78, 5) is 25.5. The summed E-state index contributed by atoms with van der Waals surface area (Å²) >= 11 is 0. The Balaban J connectivity index is 0.00000220. The van der Waals surface area contributed by atoms with Gasteiger partial charge < -0.3 is 16.0 Å². The number of halogens is 1. The van der Waals surface area contributed by atoms with Crippen LogP contribution in [0.15, 0.2) is 0 Å². The van der Waals surface area contributed by atoms with Crippen LogP contribution < -0.4 is 11.1 Å². The minimum Gasteiger partial charge on any atom is -0.347 e. The van der Waals surface area contributed by atoms with E-state index in [2.05, 4.69) is 5.32 Å². The number of piperidine rings is 1. The Bertz CT molecular complexity index is 338. The first kappa shape index (κ1) is 18.2. The summed E-state index contributed by atoms with van der Waals surface area (Å²) in [6, 6.07) is 0.222. The zero-order valence-corrected chi connectivity index (χ0v) is 13.5. The first-order valence-corrected chi connectivity index (χ1v) is 7.95. The van der Waals surface area contributed by atoms with Gasteiger partial charge in [0, 0.05) is 25.6 Å². The fourth-order valence-electron chi connectivity index (χ4n) is 3.16. The Hall–Kier alpha value is -0.810. The van der Waals surface area contributed by atoms with Crippen molar-refractivity contribution in [1.29, 1.82) is 0 Å². The normalized spacial score (nSPS) is 20.1. The fourth-order valence-corrected chi connectivity index (χ4v) is 3.16. The van der Waals surface area contributed by atoms with Gasteiger partial charge in [-0.15, -0.1) is 12.4 Å². The summed E-state index contributed by atoms with van der Waals surface area (Å²) < 4.78 is 0. The van der Waals surface area contributed by atoms with E-state index in [1.807, 2.05) is 0 Å². The van der Waals surface area contributed by atoms with Crippen LogP contribution in [-0.2, 0) is 9.59 Å². The van der Waals surface area contributed by atoms with Crippen LogP contribution in [0.5, 0.6) is 0 Å². The van der Waals surface area contributed by atoms with Gasteiger partial charge in [0.15, 0.2) is 0 Å². The molecule has 1 heterocycles. The Labute approximate surface area is 133 Å². The number of hydrogen-bond donors (Lipinski definition) is 2. The average molecular weight is 318 g/mol. The van der Waals surface area contributed by atoms with Crippen LogP contribution in [0.3, 0.4) is 0 Å². The third-order valence-corrected chi connectivity index (χ3v) is 4.58. The predicted molar refractivity (Wildman–Crippen MR) is 85.2 cm³/mol. The van der Waals surface area contributed by atoms with E-state index in [9.17, 15) is 9.59 Å². The molecule has 0 unspecified atom stereocenters. The minimum absolute atomic E-state index is 0. The van der Waals surface area contributed by atoms with Crippen molar-refractivity contribution in [2.75, 3.05) is 19.6 Å². The van der Waals surface area contributed by atoms with E-state index < -0.39 is 0 Å². The van der Waals surface area contributed by atoms with Gasteiger partial charge in [-0.1, -0.05) is 25.7 Å². The maximum Gasteiger partial charge on any atom is 0.241 e. The highest BCUT2D eigenvalue weighted by Gasteiger charge is 2.21. The molecule has 0 aromatic rings. The molecule has 2 amide bonds. The molecule has 1 aliphatic heterocycles. The second-order valence-electron chi connectivity index (χ2n) is 6.18. The Morgan fingerprint density at radius 3 is 2.33 bits per heavy atom. The molecule has 5 nitrogen and oxygen atoms in total. The largest absolute Gasteiger partial charge is 0.347 e. The number of nitrogens with two attached hydrogens (primary N) is 1. The van der Waals surface area contributed by atoms with Crippen LogP contribution in [0, 0.1) is 5.92 Å². The van der Waals surface area contributed by atoms with Crippen molar-refractivity contribution < 1.29 is 9.59 Å². The van der Waals surface area contributed by atoms with Crippen molar-refractivity contribution >= 4 is 24.2 Å². The Morgan fingerprint density at radius 2 is 1.71 bits per heavy atom. The van der Waals surface area contributed by atoms with Gasteiger partial charge >= 0.3 is 0 Å². The summed E-state index contributed by atoms with van der Waals surface area (Å²) in [6.07, 6.45) is 8.40. The van der Waals surface area contributed by atoms with Crippen LogP contribution in [0.25, 0.3) is 0 Å². The molecule has 6 heteroatoms. The van der Waals surface area contributed by atoms with E-state index in [1.54, 1.807) is 4.90 Å². The van der Waals surface area contributed by atoms with Crippen molar-refractivity contribution in [3.05, 3.63) is 0 Å². The molecule has 0 atom stereocenters. The van der Waals surface area contributed by atoms with Gasteiger partial charge in [-0.2, -0.15) is 0 Å². The highest BCUT2D eigenvalue weighted by Crippen LogP contribution is 2.28. The summed E-state index contributed by atoms with van der Waals surface area (Å²) in [5.74, 6) is 0.755. The second-order valence-corrected chi connectivity index (χ2v) is 6.18. The maximum atomic E-state index is 11.9. The van der Waals surface area contributed by atoms with Gasteiger partial charge in [-0.05, 0) is 25.2 Å². The van der Waals surface area contributed by atoms with Gasteiger partial charge in [-0.25, -0.2) is 0 Å². The molecule has 0 spiro atoms. The number of carbonyl (C=O) groups is 2. The van der Waals surface area contributed by atoms with Crippen LogP contribution in [0.4, 0.5) is 0 Å². The van der Waals surface area contributed by atoms with Crippen molar-refractivity contribution in [2.24, 2.45) is 11.7 Å². The monoisotopic (exact) mass is 317 g/mol. The number of hydrogen-bond acceptors (Lipinski definition) is 3. The van der Waals surface area contributed by atoms with E-state index in [0.29, 0.717) is 6.42 Å².